The van der Waals surface area contributed by atoms with Crippen molar-refractivity contribution in [2.75, 3.05) is 7.11 Å². The minimum absolute atomic E-state index is 0.0110. The van der Waals surface area contributed by atoms with Crippen molar-refractivity contribution in [2.45, 2.75) is 46.3 Å². The molecule has 132 valence electrons. The molecular weight excluding hydrogens is 300 g/mol. The molecule has 0 aliphatic heterocycles. The van der Waals surface area contributed by atoms with E-state index in [4.69, 9.17) is 4.74 Å². The van der Waals surface area contributed by atoms with Crippen LogP contribution in [0.25, 0.3) is 0 Å². The van der Waals surface area contributed by atoms with Gasteiger partial charge in [0.1, 0.15) is 5.75 Å². The highest BCUT2D eigenvalue weighted by Crippen LogP contribution is 2.27. The van der Waals surface area contributed by atoms with Crippen molar-refractivity contribution >= 4 is 0 Å². The summed E-state index contributed by atoms with van der Waals surface area (Å²) in [6.45, 7) is 12.2. The third-order valence-corrected chi connectivity index (χ3v) is 4.11. The van der Waals surface area contributed by atoms with Gasteiger partial charge in [0.25, 0.3) is 0 Å². The third-order valence-electron chi connectivity index (χ3n) is 4.11. The fourth-order valence-electron chi connectivity index (χ4n) is 2.16. The second kappa shape index (κ2) is 8.86. The van der Waals surface area contributed by atoms with Crippen LogP contribution >= 0.6 is 0 Å². The first-order chi connectivity index (χ1) is 11.2. The first-order valence-corrected chi connectivity index (χ1v) is 8.22. The number of rotatable bonds is 7. The van der Waals surface area contributed by atoms with Gasteiger partial charge in [0.15, 0.2) is 0 Å². The van der Waals surface area contributed by atoms with Gasteiger partial charge < -0.3 is 14.9 Å². The van der Waals surface area contributed by atoms with Crippen LogP contribution in [-0.2, 0) is 0 Å². The Kier molecular flexibility index (Phi) is 7.46. The first kappa shape index (κ1) is 20.2. The Morgan fingerprint density at radius 1 is 1.17 bits per heavy atom. The number of hydrogen-bond donors (Lipinski definition) is 2. The molecule has 0 spiro atoms. The molecule has 0 saturated carbocycles. The highest BCUT2D eigenvalue weighted by atomic mass is 16.5. The van der Waals surface area contributed by atoms with Crippen LogP contribution in [0.5, 0.6) is 5.75 Å². The fourth-order valence-corrected chi connectivity index (χ4v) is 2.16. The SMILES string of the molecule is C=C(/C=C\C(=C/C)C(O)CC(O)c1ccc(OC)cc1)C(C)(C)C. The van der Waals surface area contributed by atoms with Crippen LogP contribution in [-0.4, -0.2) is 23.4 Å². The highest BCUT2D eigenvalue weighted by molar-refractivity contribution is 5.32. The number of ether oxygens (including phenoxy) is 1. The number of aliphatic hydroxyl groups excluding tert-OH is 2. The van der Waals surface area contributed by atoms with E-state index < -0.39 is 12.2 Å². The van der Waals surface area contributed by atoms with Gasteiger partial charge in [-0.1, -0.05) is 57.7 Å². The van der Waals surface area contributed by atoms with Crippen LogP contribution < -0.4 is 4.74 Å². The fraction of sp³-hybridized carbons (Fsp3) is 0.429. The minimum Gasteiger partial charge on any atom is -0.497 e. The summed E-state index contributed by atoms with van der Waals surface area (Å²) in [6.07, 6.45) is 4.42. The Labute approximate surface area is 146 Å². The second-order valence-electron chi connectivity index (χ2n) is 6.94. The molecule has 0 amide bonds. The number of aliphatic hydroxyl groups is 2. The van der Waals surface area contributed by atoms with Gasteiger partial charge >= 0.3 is 0 Å². The number of allylic oxidation sites excluding steroid dienone is 3. The van der Waals surface area contributed by atoms with Crippen LogP contribution in [0.4, 0.5) is 0 Å². The van der Waals surface area contributed by atoms with E-state index in [1.165, 1.54) is 0 Å². The zero-order valence-electron chi connectivity index (χ0n) is 15.4. The summed E-state index contributed by atoms with van der Waals surface area (Å²) in [4.78, 5) is 0. The van der Waals surface area contributed by atoms with Gasteiger partial charge in [-0.15, -0.1) is 0 Å². The summed E-state index contributed by atoms with van der Waals surface area (Å²) in [5, 5.41) is 20.8. The summed E-state index contributed by atoms with van der Waals surface area (Å²) >= 11 is 0. The van der Waals surface area contributed by atoms with E-state index in [1.807, 2.05) is 37.3 Å². The zero-order chi connectivity index (χ0) is 18.3. The van der Waals surface area contributed by atoms with Crippen LogP contribution in [0.1, 0.15) is 45.8 Å². The van der Waals surface area contributed by atoms with E-state index in [1.54, 1.807) is 19.2 Å². The van der Waals surface area contributed by atoms with Crippen molar-refractivity contribution < 1.29 is 14.9 Å². The monoisotopic (exact) mass is 330 g/mol. The Morgan fingerprint density at radius 3 is 2.21 bits per heavy atom. The molecule has 2 unspecified atom stereocenters. The van der Waals surface area contributed by atoms with E-state index in [-0.39, 0.29) is 11.8 Å². The summed E-state index contributed by atoms with van der Waals surface area (Å²) in [5.74, 6) is 0.740. The zero-order valence-corrected chi connectivity index (χ0v) is 15.4. The maximum Gasteiger partial charge on any atom is 0.118 e. The lowest BCUT2D eigenvalue weighted by Gasteiger charge is -2.20. The van der Waals surface area contributed by atoms with Crippen molar-refractivity contribution in [2.24, 2.45) is 5.41 Å². The van der Waals surface area contributed by atoms with Crippen LogP contribution in [0.2, 0.25) is 0 Å². The third kappa shape index (κ3) is 5.99. The normalized spacial score (nSPS) is 15.4. The van der Waals surface area contributed by atoms with Crippen LogP contribution in [0.15, 0.2) is 60.2 Å². The number of methoxy groups -OCH3 is 1. The van der Waals surface area contributed by atoms with Crippen LogP contribution in [0, 0.1) is 5.41 Å². The summed E-state index contributed by atoms with van der Waals surface area (Å²) in [5.41, 5.74) is 2.51. The summed E-state index contributed by atoms with van der Waals surface area (Å²) < 4.78 is 5.11. The topological polar surface area (TPSA) is 49.7 Å². The number of benzene rings is 1. The lowest BCUT2D eigenvalue weighted by Crippen LogP contribution is -2.14. The van der Waals surface area contributed by atoms with Gasteiger partial charge in [-0.3, -0.25) is 0 Å². The lowest BCUT2D eigenvalue weighted by atomic mass is 9.87. The highest BCUT2D eigenvalue weighted by Gasteiger charge is 2.17. The molecule has 3 heteroatoms. The van der Waals surface area contributed by atoms with E-state index >= 15 is 0 Å². The Balaban J connectivity index is 2.74. The van der Waals surface area contributed by atoms with Crippen molar-refractivity contribution in [3.8, 4) is 5.75 Å². The van der Waals surface area contributed by atoms with E-state index in [0.29, 0.717) is 0 Å². The molecule has 0 fully saturated rings. The average molecular weight is 330 g/mol. The predicted octanol–water partition coefficient (Wildman–Crippen LogP) is 4.58. The van der Waals surface area contributed by atoms with Crippen molar-refractivity contribution in [3.05, 3.63) is 65.8 Å². The Hall–Kier alpha value is -1.84. The standard InChI is InChI=1S/C21H30O3/c1-7-16(9-8-15(2)21(3,4)5)19(22)14-20(23)17-10-12-18(24-6)13-11-17/h7-13,19-20,22-23H,2,14H2,1,3-6H3/b9-8-,16-7+. The van der Waals surface area contributed by atoms with Gasteiger partial charge in [0.05, 0.1) is 19.3 Å². The van der Waals surface area contributed by atoms with Gasteiger partial charge in [-0.2, -0.15) is 0 Å². The molecule has 2 N–H and O–H groups in total. The van der Waals surface area contributed by atoms with E-state index in [9.17, 15) is 10.2 Å². The van der Waals surface area contributed by atoms with Crippen molar-refractivity contribution in [1.29, 1.82) is 0 Å². The largest absolute Gasteiger partial charge is 0.497 e. The average Bonchev–Trinajstić information content (AvgIpc) is 2.54. The Bertz CT molecular complexity index is 589. The van der Waals surface area contributed by atoms with E-state index in [2.05, 4.69) is 27.4 Å². The molecule has 2 atom stereocenters. The summed E-state index contributed by atoms with van der Waals surface area (Å²) in [7, 11) is 1.60. The lowest BCUT2D eigenvalue weighted by molar-refractivity contribution is 0.100. The maximum atomic E-state index is 10.4. The maximum absolute atomic E-state index is 10.4. The van der Waals surface area contributed by atoms with Gasteiger partial charge in [-0.25, -0.2) is 0 Å². The van der Waals surface area contributed by atoms with Gasteiger partial charge in [-0.05, 0) is 41.2 Å². The Morgan fingerprint density at radius 2 is 1.75 bits per heavy atom. The molecular formula is C21H30O3. The van der Waals surface area contributed by atoms with Crippen molar-refractivity contribution in [1.82, 2.24) is 0 Å². The second-order valence-corrected chi connectivity index (χ2v) is 6.94. The minimum atomic E-state index is -0.740. The van der Waals surface area contributed by atoms with Crippen LogP contribution in [0.3, 0.4) is 0 Å². The van der Waals surface area contributed by atoms with Gasteiger partial charge in [0.2, 0.25) is 0 Å². The molecule has 1 rings (SSSR count). The first-order valence-electron chi connectivity index (χ1n) is 8.22. The quantitative estimate of drug-likeness (QED) is 0.719. The summed E-state index contributed by atoms with van der Waals surface area (Å²) in [6, 6.07) is 7.22. The van der Waals surface area contributed by atoms with Gasteiger partial charge in [0, 0.05) is 6.42 Å². The molecule has 0 radical (unpaired) electrons. The number of hydrogen-bond acceptors (Lipinski definition) is 3. The van der Waals surface area contributed by atoms with E-state index in [0.717, 1.165) is 22.5 Å². The van der Waals surface area contributed by atoms with Crippen molar-refractivity contribution in [3.63, 3.8) is 0 Å². The predicted molar refractivity (Wildman–Crippen MR) is 100 cm³/mol. The molecule has 1 aromatic rings. The molecule has 0 bridgehead atoms. The smallest absolute Gasteiger partial charge is 0.118 e. The molecule has 3 nitrogen and oxygen atoms in total. The molecule has 0 aliphatic carbocycles. The molecule has 1 aromatic carbocycles. The molecule has 0 aliphatic rings. The molecule has 0 heterocycles. The molecule has 0 saturated heterocycles. The molecule has 24 heavy (non-hydrogen) atoms. The molecule has 0 aromatic heterocycles.